The fourth-order valence-corrected chi connectivity index (χ4v) is 4.45. The third-order valence-corrected chi connectivity index (χ3v) is 5.67. The second kappa shape index (κ2) is 8.84. The Balaban J connectivity index is 1.57. The van der Waals surface area contributed by atoms with Crippen LogP contribution in [0.15, 0.2) is 24.3 Å². The summed E-state index contributed by atoms with van der Waals surface area (Å²) in [6.07, 6.45) is 0.503. The molecule has 2 rings (SSSR count). The smallest absolute Gasteiger partial charge is 0.306 e. The molecule has 8 heteroatoms. The van der Waals surface area contributed by atoms with E-state index in [0.29, 0.717) is 19.6 Å². The number of amides is 1. The van der Waals surface area contributed by atoms with Gasteiger partial charge in [0, 0.05) is 6.42 Å². The van der Waals surface area contributed by atoms with E-state index < -0.39 is 21.7 Å². The number of hydrogen-bond donors (Lipinski definition) is 1. The molecular formula is C17H23NO6S. The molecule has 7 nitrogen and oxygen atoms in total. The highest BCUT2D eigenvalue weighted by Gasteiger charge is 2.29. The van der Waals surface area contributed by atoms with Crippen molar-refractivity contribution in [1.29, 1.82) is 0 Å². The molecule has 0 radical (unpaired) electrons. The van der Waals surface area contributed by atoms with E-state index >= 15 is 0 Å². The van der Waals surface area contributed by atoms with E-state index in [2.05, 4.69) is 5.32 Å². The minimum atomic E-state index is -3.01. The van der Waals surface area contributed by atoms with E-state index in [1.807, 2.05) is 31.2 Å². The van der Waals surface area contributed by atoms with Crippen molar-refractivity contribution in [1.82, 2.24) is 5.32 Å². The lowest BCUT2D eigenvalue weighted by atomic mass is 10.1. The maximum Gasteiger partial charge on any atom is 0.306 e. The maximum absolute atomic E-state index is 11.6. The average molecular weight is 369 g/mol. The molecule has 1 N–H and O–H groups in total. The van der Waals surface area contributed by atoms with Crippen molar-refractivity contribution >= 4 is 21.7 Å². The van der Waals surface area contributed by atoms with Crippen LogP contribution in [-0.2, 0) is 24.2 Å². The number of hydrogen-bond acceptors (Lipinski definition) is 6. The molecule has 1 aromatic rings. The topological polar surface area (TPSA) is 98.8 Å². The Bertz CT molecular complexity index is 716. The van der Waals surface area contributed by atoms with Crippen molar-refractivity contribution in [2.45, 2.75) is 19.8 Å². The van der Waals surface area contributed by atoms with Gasteiger partial charge in [-0.2, -0.15) is 0 Å². The molecule has 1 heterocycles. The molecule has 1 unspecified atom stereocenters. The molecule has 0 aromatic heterocycles. The van der Waals surface area contributed by atoms with E-state index in [1.54, 1.807) is 0 Å². The van der Waals surface area contributed by atoms with E-state index in [1.165, 1.54) is 0 Å². The Morgan fingerprint density at radius 2 is 2.12 bits per heavy atom. The molecule has 138 valence electrons. The van der Waals surface area contributed by atoms with Crippen LogP contribution in [0.2, 0.25) is 0 Å². The number of nitrogens with one attached hydrogen (secondary N) is 1. The normalized spacial score (nSPS) is 18.5. The molecule has 25 heavy (non-hydrogen) atoms. The van der Waals surface area contributed by atoms with Gasteiger partial charge in [-0.05, 0) is 37.0 Å². The third kappa shape index (κ3) is 7.13. The number of esters is 1. The van der Waals surface area contributed by atoms with Gasteiger partial charge in [0.25, 0.3) is 5.91 Å². The molecular weight excluding hydrogens is 346 g/mol. The summed E-state index contributed by atoms with van der Waals surface area (Å²) >= 11 is 0. The van der Waals surface area contributed by atoms with E-state index in [4.69, 9.17) is 9.47 Å². The van der Waals surface area contributed by atoms with E-state index in [9.17, 15) is 18.0 Å². The fraction of sp³-hybridized carbons (Fsp3) is 0.529. The Morgan fingerprint density at radius 1 is 1.32 bits per heavy atom. The van der Waals surface area contributed by atoms with Gasteiger partial charge in [-0.15, -0.1) is 0 Å². The lowest BCUT2D eigenvalue weighted by Crippen LogP contribution is -2.32. The predicted molar refractivity (Wildman–Crippen MR) is 92.0 cm³/mol. The van der Waals surface area contributed by atoms with Crippen molar-refractivity contribution < 1.29 is 27.5 Å². The average Bonchev–Trinajstić information content (AvgIpc) is 2.88. The maximum atomic E-state index is 11.6. The standard InChI is InChI=1S/C17H23NO6S/c1-13-3-2-4-15(9-13)23-7-6-18-16(19)11-24-17(20)10-14-5-8-25(21,22)12-14/h2-4,9,14H,5-8,10-12H2,1H3,(H,18,19). The van der Waals surface area contributed by atoms with Gasteiger partial charge in [0.15, 0.2) is 16.4 Å². The molecule has 1 amide bonds. The highest BCUT2D eigenvalue weighted by molar-refractivity contribution is 7.91. The molecule has 1 fully saturated rings. The van der Waals surface area contributed by atoms with Crippen molar-refractivity contribution in [2.75, 3.05) is 31.3 Å². The second-order valence-electron chi connectivity index (χ2n) is 6.15. The van der Waals surface area contributed by atoms with Crippen molar-refractivity contribution in [2.24, 2.45) is 5.92 Å². The molecule has 0 spiro atoms. The largest absolute Gasteiger partial charge is 0.492 e. The van der Waals surface area contributed by atoms with Crippen LogP contribution in [0.4, 0.5) is 0 Å². The van der Waals surface area contributed by atoms with E-state index in [-0.39, 0.29) is 30.5 Å². The minimum absolute atomic E-state index is 0.0184. The Morgan fingerprint density at radius 3 is 2.80 bits per heavy atom. The SMILES string of the molecule is Cc1cccc(OCCNC(=O)COC(=O)CC2CCS(=O)(=O)C2)c1. The van der Waals surface area contributed by atoms with Gasteiger partial charge < -0.3 is 14.8 Å². The summed E-state index contributed by atoms with van der Waals surface area (Å²) in [6, 6.07) is 7.58. The van der Waals surface area contributed by atoms with Gasteiger partial charge in [-0.1, -0.05) is 12.1 Å². The minimum Gasteiger partial charge on any atom is -0.492 e. The molecule has 1 aliphatic rings. The van der Waals surface area contributed by atoms with Crippen LogP contribution < -0.4 is 10.1 Å². The fourth-order valence-electron chi connectivity index (χ4n) is 2.59. The van der Waals surface area contributed by atoms with Gasteiger partial charge in [0.05, 0.1) is 18.1 Å². The summed E-state index contributed by atoms with van der Waals surface area (Å²) in [6.45, 7) is 2.20. The summed E-state index contributed by atoms with van der Waals surface area (Å²) in [5, 5.41) is 2.59. The first-order chi connectivity index (χ1) is 11.8. The molecule has 1 atom stereocenters. The van der Waals surface area contributed by atoms with Gasteiger partial charge in [0.2, 0.25) is 0 Å². The van der Waals surface area contributed by atoms with Crippen LogP contribution in [0.5, 0.6) is 5.75 Å². The zero-order valence-electron chi connectivity index (χ0n) is 14.2. The summed E-state index contributed by atoms with van der Waals surface area (Å²) < 4.78 is 33.0. The number of benzene rings is 1. The van der Waals surface area contributed by atoms with Crippen LogP contribution in [-0.4, -0.2) is 51.6 Å². The van der Waals surface area contributed by atoms with Crippen LogP contribution in [0.1, 0.15) is 18.4 Å². The predicted octanol–water partition coefficient (Wildman–Crippen LogP) is 0.858. The lowest BCUT2D eigenvalue weighted by molar-refractivity contribution is -0.149. The number of rotatable bonds is 8. The first-order valence-corrected chi connectivity index (χ1v) is 9.98. The van der Waals surface area contributed by atoms with Crippen molar-refractivity contribution in [3.8, 4) is 5.75 Å². The van der Waals surface area contributed by atoms with Crippen molar-refractivity contribution in [3.05, 3.63) is 29.8 Å². The lowest BCUT2D eigenvalue weighted by Gasteiger charge is -2.10. The second-order valence-corrected chi connectivity index (χ2v) is 8.38. The number of sulfone groups is 1. The molecule has 1 aromatic carbocycles. The summed E-state index contributed by atoms with van der Waals surface area (Å²) in [5.74, 6) is -0.305. The number of ether oxygens (including phenoxy) is 2. The van der Waals surface area contributed by atoms with Gasteiger partial charge in [0.1, 0.15) is 12.4 Å². The van der Waals surface area contributed by atoms with Gasteiger partial charge in [-0.3, -0.25) is 9.59 Å². The molecule has 0 saturated carbocycles. The first-order valence-electron chi connectivity index (χ1n) is 8.16. The monoisotopic (exact) mass is 369 g/mol. The Hall–Kier alpha value is -2.09. The summed E-state index contributed by atoms with van der Waals surface area (Å²) in [7, 11) is -3.01. The first kappa shape index (κ1) is 19.2. The van der Waals surface area contributed by atoms with Gasteiger partial charge in [-0.25, -0.2) is 8.42 Å². The molecule has 0 bridgehead atoms. The third-order valence-electron chi connectivity index (χ3n) is 3.83. The summed E-state index contributed by atoms with van der Waals surface area (Å²) in [5.41, 5.74) is 1.09. The van der Waals surface area contributed by atoms with Crippen molar-refractivity contribution in [3.63, 3.8) is 0 Å². The van der Waals surface area contributed by atoms with Gasteiger partial charge >= 0.3 is 5.97 Å². The van der Waals surface area contributed by atoms with E-state index in [0.717, 1.165) is 11.3 Å². The number of aryl methyl sites for hydroxylation is 1. The Labute approximate surface area is 147 Å². The molecule has 0 aliphatic carbocycles. The number of carbonyl (C=O) groups is 2. The molecule has 1 aliphatic heterocycles. The Kier molecular flexibility index (Phi) is 6.81. The number of carbonyl (C=O) groups excluding carboxylic acids is 2. The van der Waals surface area contributed by atoms with Crippen LogP contribution in [0, 0.1) is 12.8 Å². The molecule has 1 saturated heterocycles. The quantitative estimate of drug-likeness (QED) is 0.539. The van der Waals surface area contributed by atoms with Crippen LogP contribution >= 0.6 is 0 Å². The zero-order chi connectivity index (χ0) is 18.3. The van der Waals surface area contributed by atoms with Crippen LogP contribution in [0.25, 0.3) is 0 Å². The highest BCUT2D eigenvalue weighted by Crippen LogP contribution is 2.21. The zero-order valence-corrected chi connectivity index (χ0v) is 15.0. The highest BCUT2D eigenvalue weighted by atomic mass is 32.2. The summed E-state index contributed by atoms with van der Waals surface area (Å²) in [4.78, 5) is 23.3. The van der Waals surface area contributed by atoms with Crippen LogP contribution in [0.3, 0.4) is 0 Å².